The quantitative estimate of drug-likeness (QED) is 0.0735. The van der Waals surface area contributed by atoms with Crippen molar-refractivity contribution in [1.82, 2.24) is 15.1 Å². The van der Waals surface area contributed by atoms with E-state index >= 15 is 0 Å². The molecule has 9 heteroatoms. The fourth-order valence-electron chi connectivity index (χ4n) is 5.49. The van der Waals surface area contributed by atoms with Crippen LogP contribution in [0.2, 0.25) is 0 Å². The molecule has 0 saturated carbocycles. The van der Waals surface area contributed by atoms with Gasteiger partial charge in [-0.15, -0.1) is 0 Å². The van der Waals surface area contributed by atoms with Gasteiger partial charge in [-0.3, -0.25) is 4.90 Å². The Labute approximate surface area is 286 Å². The minimum Gasteiger partial charge on any atom is -0.450 e. The Morgan fingerprint density at radius 1 is 0.556 bits per heavy atom. The zero-order chi connectivity index (χ0) is 32.5. The van der Waals surface area contributed by atoms with E-state index in [0.717, 1.165) is 44.0 Å². The molecule has 7 nitrogen and oxygen atoms in total. The number of rotatable bonds is 31. The number of thioether (sulfide) groups is 2. The van der Waals surface area contributed by atoms with Gasteiger partial charge in [0.05, 0.1) is 13.2 Å². The Bertz CT molecular complexity index is 663. The molecule has 1 saturated heterocycles. The first kappa shape index (κ1) is 42.2. The van der Waals surface area contributed by atoms with Crippen LogP contribution in [0.5, 0.6) is 0 Å². The summed E-state index contributed by atoms with van der Waals surface area (Å²) in [5, 5.41) is 2.86. The molecule has 2 amide bonds. The SMILES string of the molecule is CCCCCCCCCCCSCCCOC(=O)NCCN1CCN(C(=O)OCCCSCCCCCCCCCCC)CC1. The molecular formula is C36H71N3O4S2. The number of nitrogens with zero attached hydrogens (tertiary/aromatic N) is 2. The van der Waals surface area contributed by atoms with Gasteiger partial charge in [-0.05, 0) is 48.7 Å². The number of hydrogen-bond acceptors (Lipinski definition) is 7. The summed E-state index contributed by atoms with van der Waals surface area (Å²) >= 11 is 3.96. The maximum absolute atomic E-state index is 12.4. The van der Waals surface area contributed by atoms with E-state index in [1.165, 1.54) is 127 Å². The minimum atomic E-state index is -0.326. The maximum Gasteiger partial charge on any atom is 0.409 e. The topological polar surface area (TPSA) is 71.1 Å². The molecule has 0 aliphatic carbocycles. The Morgan fingerprint density at radius 2 is 0.978 bits per heavy atom. The summed E-state index contributed by atoms with van der Waals surface area (Å²) in [5.74, 6) is 4.55. The number of piperazine rings is 1. The van der Waals surface area contributed by atoms with E-state index in [0.29, 0.717) is 32.8 Å². The van der Waals surface area contributed by atoms with Gasteiger partial charge in [0.15, 0.2) is 0 Å². The summed E-state index contributed by atoms with van der Waals surface area (Å²) in [5.41, 5.74) is 0. The summed E-state index contributed by atoms with van der Waals surface area (Å²) < 4.78 is 10.8. The second kappa shape index (κ2) is 33.1. The van der Waals surface area contributed by atoms with Crippen LogP contribution in [0.4, 0.5) is 9.59 Å². The number of hydrogen-bond donors (Lipinski definition) is 1. The van der Waals surface area contributed by atoms with Crippen LogP contribution in [0, 0.1) is 0 Å². The fourth-order valence-corrected chi connectivity index (χ4v) is 7.36. The molecule has 0 unspecified atom stereocenters. The van der Waals surface area contributed by atoms with E-state index in [1.54, 1.807) is 4.90 Å². The van der Waals surface area contributed by atoms with Crippen molar-refractivity contribution in [2.75, 3.05) is 75.5 Å². The Morgan fingerprint density at radius 3 is 1.47 bits per heavy atom. The first-order valence-electron chi connectivity index (χ1n) is 18.9. The number of carbonyl (C=O) groups is 2. The van der Waals surface area contributed by atoms with E-state index in [2.05, 4.69) is 24.1 Å². The average molecular weight is 674 g/mol. The third-order valence-electron chi connectivity index (χ3n) is 8.44. The normalized spacial score (nSPS) is 13.7. The molecule has 0 spiro atoms. The predicted molar refractivity (Wildman–Crippen MR) is 197 cm³/mol. The molecule has 0 bridgehead atoms. The van der Waals surface area contributed by atoms with E-state index in [4.69, 9.17) is 9.47 Å². The van der Waals surface area contributed by atoms with Crippen LogP contribution in [-0.4, -0.2) is 97.5 Å². The van der Waals surface area contributed by atoms with Crippen molar-refractivity contribution >= 4 is 35.7 Å². The van der Waals surface area contributed by atoms with Gasteiger partial charge >= 0.3 is 12.2 Å². The van der Waals surface area contributed by atoms with E-state index in [9.17, 15) is 9.59 Å². The fraction of sp³-hybridized carbons (Fsp3) is 0.944. The summed E-state index contributed by atoms with van der Waals surface area (Å²) in [6.45, 7) is 9.81. The minimum absolute atomic E-state index is 0.188. The highest BCUT2D eigenvalue weighted by Gasteiger charge is 2.21. The number of carbonyl (C=O) groups excluding carboxylic acids is 2. The molecule has 0 aromatic carbocycles. The third-order valence-corrected chi connectivity index (χ3v) is 10.7. The summed E-state index contributed by atoms with van der Waals surface area (Å²) in [6.07, 6.45) is 26.0. The Balaban J connectivity index is 1.84. The van der Waals surface area contributed by atoms with E-state index in [1.807, 2.05) is 23.5 Å². The van der Waals surface area contributed by atoms with Crippen LogP contribution in [0.1, 0.15) is 142 Å². The van der Waals surface area contributed by atoms with Crippen LogP contribution in [0.3, 0.4) is 0 Å². The lowest BCUT2D eigenvalue weighted by molar-refractivity contribution is 0.0766. The first-order chi connectivity index (χ1) is 22.2. The average Bonchev–Trinajstić information content (AvgIpc) is 3.05. The number of unbranched alkanes of at least 4 members (excludes halogenated alkanes) is 16. The largest absolute Gasteiger partial charge is 0.450 e. The molecular weight excluding hydrogens is 603 g/mol. The number of amides is 2. The van der Waals surface area contributed by atoms with Gasteiger partial charge in [0.2, 0.25) is 0 Å². The van der Waals surface area contributed by atoms with Crippen molar-refractivity contribution < 1.29 is 19.1 Å². The lowest BCUT2D eigenvalue weighted by atomic mass is 10.1. The van der Waals surface area contributed by atoms with Gasteiger partial charge in [0.25, 0.3) is 0 Å². The van der Waals surface area contributed by atoms with Gasteiger partial charge in [0, 0.05) is 39.3 Å². The predicted octanol–water partition coefficient (Wildman–Crippen LogP) is 9.78. The second-order valence-electron chi connectivity index (χ2n) is 12.6. The van der Waals surface area contributed by atoms with Crippen LogP contribution in [-0.2, 0) is 9.47 Å². The van der Waals surface area contributed by atoms with E-state index < -0.39 is 0 Å². The molecule has 0 aromatic rings. The lowest BCUT2D eigenvalue weighted by Gasteiger charge is -2.34. The van der Waals surface area contributed by atoms with Gasteiger partial charge < -0.3 is 19.7 Å². The highest BCUT2D eigenvalue weighted by atomic mass is 32.2. The van der Waals surface area contributed by atoms with Crippen LogP contribution in [0.15, 0.2) is 0 Å². The lowest BCUT2D eigenvalue weighted by Crippen LogP contribution is -2.50. The Hall–Kier alpha value is -0.800. The second-order valence-corrected chi connectivity index (χ2v) is 15.0. The highest BCUT2D eigenvalue weighted by Crippen LogP contribution is 2.14. The molecule has 1 heterocycles. The molecule has 0 atom stereocenters. The van der Waals surface area contributed by atoms with Crippen molar-refractivity contribution in [2.45, 2.75) is 142 Å². The van der Waals surface area contributed by atoms with Crippen molar-refractivity contribution in [3.05, 3.63) is 0 Å². The summed E-state index contributed by atoms with van der Waals surface area (Å²) in [7, 11) is 0. The monoisotopic (exact) mass is 673 g/mol. The zero-order valence-electron chi connectivity index (χ0n) is 29.5. The third kappa shape index (κ3) is 28.0. The zero-order valence-corrected chi connectivity index (χ0v) is 31.1. The summed E-state index contributed by atoms with van der Waals surface area (Å²) in [6, 6.07) is 0. The number of alkyl carbamates (subject to hydrolysis) is 1. The molecule has 1 aliphatic heterocycles. The molecule has 45 heavy (non-hydrogen) atoms. The van der Waals surface area contributed by atoms with Crippen LogP contribution in [0.25, 0.3) is 0 Å². The smallest absolute Gasteiger partial charge is 0.409 e. The molecule has 1 fully saturated rings. The van der Waals surface area contributed by atoms with Gasteiger partial charge in [-0.2, -0.15) is 23.5 Å². The van der Waals surface area contributed by atoms with Gasteiger partial charge in [-0.1, -0.05) is 117 Å². The van der Waals surface area contributed by atoms with Crippen molar-refractivity contribution in [3.63, 3.8) is 0 Å². The Kier molecular flexibility index (Phi) is 31.1. The molecule has 1 aliphatic rings. The molecule has 0 aromatic heterocycles. The van der Waals surface area contributed by atoms with Crippen LogP contribution < -0.4 is 5.32 Å². The van der Waals surface area contributed by atoms with Gasteiger partial charge in [-0.25, -0.2) is 9.59 Å². The van der Waals surface area contributed by atoms with Crippen molar-refractivity contribution in [3.8, 4) is 0 Å². The maximum atomic E-state index is 12.4. The molecule has 0 radical (unpaired) electrons. The molecule has 1 N–H and O–H groups in total. The number of nitrogens with one attached hydrogen (secondary N) is 1. The standard InChI is InChI=1S/C36H71N3O4S2/c1-3-5-7-9-11-13-15-17-19-31-44-33-21-29-42-35(40)37-23-24-38-25-27-39(28-26-38)36(41)43-30-22-34-45-32-20-18-16-14-12-10-8-6-4-2/h3-34H2,1-2H3,(H,37,40). The highest BCUT2D eigenvalue weighted by molar-refractivity contribution is 7.99. The van der Waals surface area contributed by atoms with Gasteiger partial charge in [0.1, 0.15) is 0 Å². The van der Waals surface area contributed by atoms with Crippen molar-refractivity contribution in [1.29, 1.82) is 0 Å². The molecule has 266 valence electrons. The van der Waals surface area contributed by atoms with Crippen molar-refractivity contribution in [2.24, 2.45) is 0 Å². The van der Waals surface area contributed by atoms with Crippen LogP contribution >= 0.6 is 23.5 Å². The van der Waals surface area contributed by atoms with E-state index in [-0.39, 0.29) is 12.2 Å². The summed E-state index contributed by atoms with van der Waals surface area (Å²) in [4.78, 5) is 28.5. The molecule has 1 rings (SSSR count). The number of ether oxygens (including phenoxy) is 2. The first-order valence-corrected chi connectivity index (χ1v) is 21.2.